The van der Waals surface area contributed by atoms with Crippen LogP contribution in [0.1, 0.15) is 17.0 Å². The van der Waals surface area contributed by atoms with Crippen LogP contribution in [0.15, 0.2) is 64.2 Å². The molecule has 0 amide bonds. The van der Waals surface area contributed by atoms with E-state index in [4.69, 9.17) is 9.26 Å². The number of rotatable bonds is 5. The van der Waals surface area contributed by atoms with Crippen LogP contribution in [0.25, 0.3) is 28.2 Å². The summed E-state index contributed by atoms with van der Waals surface area (Å²) in [5.41, 5.74) is 4.78. The maximum Gasteiger partial charge on any atom is 0.293 e. The van der Waals surface area contributed by atoms with E-state index >= 15 is 0 Å². The molecule has 0 bridgehead atoms. The van der Waals surface area contributed by atoms with Gasteiger partial charge in [0, 0.05) is 5.56 Å². The van der Waals surface area contributed by atoms with Crippen molar-refractivity contribution in [2.75, 3.05) is 7.11 Å². The van der Waals surface area contributed by atoms with E-state index in [9.17, 15) is 4.79 Å². The van der Waals surface area contributed by atoms with Crippen LogP contribution in [0, 0.1) is 13.8 Å². The number of hydrogen-bond donors (Lipinski definition) is 0. The van der Waals surface area contributed by atoms with Crippen LogP contribution in [0.2, 0.25) is 0 Å². The molecule has 0 atom stereocenters. The Bertz CT molecular complexity index is 1500. The molecule has 0 fully saturated rings. The predicted octanol–water partition coefficient (Wildman–Crippen LogP) is 3.28. The van der Waals surface area contributed by atoms with Gasteiger partial charge >= 0.3 is 0 Å². The second-order valence-corrected chi connectivity index (χ2v) is 7.48. The molecule has 0 aliphatic carbocycles. The van der Waals surface area contributed by atoms with Crippen molar-refractivity contribution >= 4 is 5.52 Å². The van der Waals surface area contributed by atoms with Crippen LogP contribution in [0.5, 0.6) is 5.75 Å². The van der Waals surface area contributed by atoms with E-state index in [-0.39, 0.29) is 18.0 Å². The average molecular weight is 428 g/mol. The molecule has 5 aromatic rings. The van der Waals surface area contributed by atoms with Gasteiger partial charge in [0.15, 0.2) is 0 Å². The smallest absolute Gasteiger partial charge is 0.293 e. The van der Waals surface area contributed by atoms with Gasteiger partial charge in [-0.15, -0.1) is 0 Å². The fourth-order valence-electron chi connectivity index (χ4n) is 3.67. The molecule has 0 aliphatic rings. The van der Waals surface area contributed by atoms with Crippen LogP contribution < -0.4 is 10.3 Å². The van der Waals surface area contributed by atoms with E-state index in [2.05, 4.69) is 26.4 Å². The minimum atomic E-state index is -0.298. The van der Waals surface area contributed by atoms with Gasteiger partial charge < -0.3 is 9.26 Å². The second-order valence-electron chi connectivity index (χ2n) is 7.48. The summed E-state index contributed by atoms with van der Waals surface area (Å²) < 4.78 is 13.5. The van der Waals surface area contributed by atoms with Crippen molar-refractivity contribution in [1.82, 2.24) is 29.5 Å². The highest BCUT2D eigenvalue weighted by Gasteiger charge is 2.16. The lowest BCUT2D eigenvalue weighted by Crippen LogP contribution is -2.25. The fraction of sp³-hybridized carbons (Fsp3) is 0.174. The van der Waals surface area contributed by atoms with Gasteiger partial charge in [-0.25, -0.2) is 9.20 Å². The third kappa shape index (κ3) is 3.43. The predicted molar refractivity (Wildman–Crippen MR) is 118 cm³/mol. The average Bonchev–Trinajstić information content (AvgIpc) is 3.43. The van der Waals surface area contributed by atoms with Gasteiger partial charge in [0.05, 0.1) is 18.4 Å². The lowest BCUT2D eigenvalue weighted by molar-refractivity contribution is 0.362. The minimum Gasteiger partial charge on any atom is -0.496 e. The summed E-state index contributed by atoms with van der Waals surface area (Å²) >= 11 is 0. The highest BCUT2D eigenvalue weighted by atomic mass is 16.5. The van der Waals surface area contributed by atoms with Crippen LogP contribution in [-0.4, -0.2) is 36.6 Å². The second kappa shape index (κ2) is 7.77. The van der Waals surface area contributed by atoms with Gasteiger partial charge in [-0.2, -0.15) is 15.2 Å². The molecule has 160 valence electrons. The van der Waals surface area contributed by atoms with Crippen LogP contribution in [-0.2, 0) is 6.54 Å². The van der Waals surface area contributed by atoms with Crippen molar-refractivity contribution in [3.8, 4) is 28.4 Å². The Morgan fingerprint density at radius 1 is 1.06 bits per heavy atom. The van der Waals surface area contributed by atoms with E-state index < -0.39 is 0 Å². The SMILES string of the molecule is COc1ccccc1-c1noc(Cn2ncn3nc(-c4ccc(C)cc4C)cc3c2=O)n1. The summed E-state index contributed by atoms with van der Waals surface area (Å²) in [4.78, 5) is 17.4. The first-order valence-corrected chi connectivity index (χ1v) is 10.0. The third-order valence-electron chi connectivity index (χ3n) is 5.25. The van der Waals surface area contributed by atoms with Crippen molar-refractivity contribution in [3.05, 3.63) is 82.2 Å². The molecule has 9 heteroatoms. The van der Waals surface area contributed by atoms with Gasteiger partial charge in [0.25, 0.3) is 5.56 Å². The number of ether oxygens (including phenoxy) is 1. The molecule has 0 aliphatic heterocycles. The van der Waals surface area contributed by atoms with Gasteiger partial charge in [-0.05, 0) is 37.6 Å². The van der Waals surface area contributed by atoms with E-state index in [1.807, 2.05) is 50.2 Å². The molecule has 32 heavy (non-hydrogen) atoms. The van der Waals surface area contributed by atoms with E-state index in [1.165, 1.54) is 21.1 Å². The quantitative estimate of drug-likeness (QED) is 0.423. The molecule has 0 spiro atoms. The third-order valence-corrected chi connectivity index (χ3v) is 5.25. The first kappa shape index (κ1) is 19.7. The maximum atomic E-state index is 13.0. The number of methoxy groups -OCH3 is 1. The first-order chi connectivity index (χ1) is 15.5. The molecule has 3 heterocycles. The molecule has 5 rings (SSSR count). The largest absolute Gasteiger partial charge is 0.496 e. The standard InChI is InChI=1S/C23H20N6O3/c1-14-8-9-16(15(2)10-14)18-11-19-23(30)28(24-13-29(19)26-18)12-21-25-22(27-32-21)17-6-4-5-7-20(17)31-3/h4-11,13H,12H2,1-3H3. The summed E-state index contributed by atoms with van der Waals surface area (Å²) in [5.74, 6) is 1.28. The van der Waals surface area contributed by atoms with E-state index in [0.29, 0.717) is 22.7 Å². The zero-order valence-electron chi connectivity index (χ0n) is 17.8. The number of para-hydroxylation sites is 1. The van der Waals surface area contributed by atoms with Crippen molar-refractivity contribution in [1.29, 1.82) is 0 Å². The molecule has 0 saturated heterocycles. The fourth-order valence-corrected chi connectivity index (χ4v) is 3.67. The number of fused-ring (bicyclic) bond motifs is 1. The summed E-state index contributed by atoms with van der Waals surface area (Å²) in [6.07, 6.45) is 1.50. The molecule has 2 aromatic carbocycles. The highest BCUT2D eigenvalue weighted by Crippen LogP contribution is 2.27. The maximum absolute atomic E-state index is 13.0. The molecular formula is C23H20N6O3. The number of nitrogens with zero attached hydrogens (tertiary/aromatic N) is 6. The van der Waals surface area contributed by atoms with E-state index in [0.717, 1.165) is 16.8 Å². The van der Waals surface area contributed by atoms with Crippen molar-refractivity contribution in [2.24, 2.45) is 0 Å². The molecule has 9 nitrogen and oxygen atoms in total. The number of aromatic nitrogens is 6. The summed E-state index contributed by atoms with van der Waals surface area (Å²) in [6, 6.07) is 15.3. The van der Waals surface area contributed by atoms with Crippen LogP contribution >= 0.6 is 0 Å². The Morgan fingerprint density at radius 2 is 1.91 bits per heavy atom. The van der Waals surface area contributed by atoms with Crippen LogP contribution in [0.3, 0.4) is 0 Å². The van der Waals surface area contributed by atoms with Crippen LogP contribution in [0.4, 0.5) is 0 Å². The molecule has 0 unspecified atom stereocenters. The zero-order valence-corrected chi connectivity index (χ0v) is 17.8. The Balaban J connectivity index is 1.48. The molecular weight excluding hydrogens is 408 g/mol. The van der Waals surface area contributed by atoms with Crippen molar-refractivity contribution < 1.29 is 9.26 Å². The Hall–Kier alpha value is -4.27. The molecule has 0 radical (unpaired) electrons. The van der Waals surface area contributed by atoms with Crippen molar-refractivity contribution in [2.45, 2.75) is 20.4 Å². The minimum absolute atomic E-state index is 0.0432. The summed E-state index contributed by atoms with van der Waals surface area (Å²) in [7, 11) is 1.58. The van der Waals surface area contributed by atoms with Gasteiger partial charge in [-0.3, -0.25) is 4.79 Å². The van der Waals surface area contributed by atoms with Crippen molar-refractivity contribution in [3.63, 3.8) is 0 Å². The normalized spacial score (nSPS) is 11.2. The van der Waals surface area contributed by atoms with Gasteiger partial charge in [-0.1, -0.05) is 41.1 Å². The van der Waals surface area contributed by atoms with Gasteiger partial charge in [0.2, 0.25) is 11.7 Å². The monoisotopic (exact) mass is 428 g/mol. The number of hydrogen-bond acceptors (Lipinski definition) is 7. The Labute approximate surface area is 182 Å². The highest BCUT2D eigenvalue weighted by molar-refractivity contribution is 5.68. The lowest BCUT2D eigenvalue weighted by atomic mass is 10.0. The topological polar surface area (TPSA) is 100 Å². The molecule has 3 aromatic heterocycles. The molecule has 0 N–H and O–H groups in total. The first-order valence-electron chi connectivity index (χ1n) is 10.0. The Kier molecular flexibility index (Phi) is 4.78. The zero-order chi connectivity index (χ0) is 22.2. The number of aryl methyl sites for hydroxylation is 2. The van der Waals surface area contributed by atoms with Gasteiger partial charge in [0.1, 0.15) is 24.1 Å². The van der Waals surface area contributed by atoms with E-state index in [1.54, 1.807) is 13.2 Å². The summed E-state index contributed by atoms with van der Waals surface area (Å²) in [5, 5.41) is 12.8. The number of benzene rings is 2. The Morgan fingerprint density at radius 3 is 2.72 bits per heavy atom. The molecule has 0 saturated carbocycles. The summed E-state index contributed by atoms with van der Waals surface area (Å²) in [6.45, 7) is 4.11. The lowest BCUT2D eigenvalue weighted by Gasteiger charge is -2.03.